The Bertz CT molecular complexity index is 1130. The molecule has 0 unspecified atom stereocenters. The Morgan fingerprint density at radius 3 is 2.54 bits per heavy atom. The van der Waals surface area contributed by atoms with Crippen molar-refractivity contribution in [2.75, 3.05) is 31.3 Å². The van der Waals surface area contributed by atoms with Gasteiger partial charge in [0.1, 0.15) is 31.9 Å². The SMILES string of the molecule is C=CCOC(=O)N[C@@H]1C(=O)N2C(C(=O)OCC=C)=C(C=C3CCN(c4ccccc4)C3=O)OC[C@H]12. The molecule has 3 aliphatic heterocycles. The van der Waals surface area contributed by atoms with Crippen LogP contribution in [0.1, 0.15) is 6.42 Å². The van der Waals surface area contributed by atoms with Gasteiger partial charge in [-0.05, 0) is 24.6 Å². The summed E-state index contributed by atoms with van der Waals surface area (Å²) < 4.78 is 15.9. The lowest BCUT2D eigenvalue weighted by molar-refractivity contribution is -0.160. The molecule has 35 heavy (non-hydrogen) atoms. The van der Waals surface area contributed by atoms with Crippen LogP contribution in [0.25, 0.3) is 0 Å². The number of amides is 3. The average molecular weight is 479 g/mol. The fourth-order valence-corrected chi connectivity index (χ4v) is 4.09. The fraction of sp³-hybridized carbons (Fsp3) is 0.280. The highest BCUT2D eigenvalue weighted by Crippen LogP contribution is 2.35. The number of para-hydroxylation sites is 1. The lowest BCUT2D eigenvalue weighted by atomic mass is 9.92. The van der Waals surface area contributed by atoms with E-state index in [0.717, 1.165) is 5.69 Å². The lowest BCUT2D eigenvalue weighted by Gasteiger charge is -2.49. The number of benzene rings is 1. The second kappa shape index (κ2) is 10.3. The predicted octanol–water partition coefficient (Wildman–Crippen LogP) is 1.81. The molecule has 0 radical (unpaired) electrons. The molecular weight excluding hydrogens is 454 g/mol. The molecule has 0 aliphatic carbocycles. The van der Waals surface area contributed by atoms with Crippen molar-refractivity contribution in [3.8, 4) is 0 Å². The number of β-lactam (4-membered cyclic amide) rings is 1. The number of hydrogen-bond acceptors (Lipinski definition) is 7. The van der Waals surface area contributed by atoms with Crippen LogP contribution in [-0.2, 0) is 28.6 Å². The summed E-state index contributed by atoms with van der Waals surface area (Å²) in [7, 11) is 0. The van der Waals surface area contributed by atoms with Gasteiger partial charge in [-0.1, -0.05) is 43.5 Å². The predicted molar refractivity (Wildman–Crippen MR) is 125 cm³/mol. The van der Waals surface area contributed by atoms with Gasteiger partial charge in [0, 0.05) is 17.8 Å². The minimum atomic E-state index is -0.926. The average Bonchev–Trinajstić information content (AvgIpc) is 3.24. The number of allylic oxidation sites excluding steroid dienone is 1. The van der Waals surface area contributed by atoms with E-state index in [0.29, 0.717) is 18.5 Å². The molecule has 2 fully saturated rings. The molecule has 2 atom stereocenters. The first-order chi connectivity index (χ1) is 17.0. The maximum absolute atomic E-state index is 13.0. The van der Waals surface area contributed by atoms with Crippen LogP contribution in [0.5, 0.6) is 0 Å². The Labute approximate surface area is 202 Å². The highest BCUT2D eigenvalue weighted by Gasteiger charge is 2.55. The number of hydrogen-bond donors (Lipinski definition) is 1. The largest absolute Gasteiger partial charge is 0.489 e. The normalized spacial score (nSPS) is 22.2. The number of carbonyl (C=O) groups excluding carboxylic acids is 4. The Hall–Kier alpha value is -4.34. The molecule has 10 heteroatoms. The van der Waals surface area contributed by atoms with E-state index >= 15 is 0 Å². The minimum absolute atomic E-state index is 0.00604. The molecular formula is C25H25N3O7. The molecule has 182 valence electrons. The van der Waals surface area contributed by atoms with Gasteiger partial charge in [0.25, 0.3) is 11.8 Å². The maximum atomic E-state index is 13.0. The molecule has 1 aromatic carbocycles. The van der Waals surface area contributed by atoms with E-state index in [2.05, 4.69) is 18.5 Å². The smallest absolute Gasteiger partial charge is 0.408 e. The van der Waals surface area contributed by atoms with Gasteiger partial charge in [0.15, 0.2) is 11.5 Å². The van der Waals surface area contributed by atoms with Crippen LogP contribution in [0.15, 0.2) is 78.7 Å². The zero-order chi connectivity index (χ0) is 24.9. The third-order valence-electron chi connectivity index (χ3n) is 5.73. The third kappa shape index (κ3) is 4.68. The van der Waals surface area contributed by atoms with Crippen LogP contribution in [0.2, 0.25) is 0 Å². The van der Waals surface area contributed by atoms with E-state index in [9.17, 15) is 19.2 Å². The van der Waals surface area contributed by atoms with Crippen LogP contribution < -0.4 is 10.2 Å². The molecule has 4 rings (SSSR count). The van der Waals surface area contributed by atoms with Crippen LogP contribution >= 0.6 is 0 Å². The third-order valence-corrected chi connectivity index (χ3v) is 5.73. The number of esters is 1. The molecule has 1 N–H and O–H groups in total. The summed E-state index contributed by atoms with van der Waals surface area (Å²) in [5.74, 6) is -1.46. The summed E-state index contributed by atoms with van der Waals surface area (Å²) in [4.78, 5) is 53.5. The quantitative estimate of drug-likeness (QED) is 0.262. The first-order valence-electron chi connectivity index (χ1n) is 11.1. The van der Waals surface area contributed by atoms with Crippen molar-refractivity contribution in [1.29, 1.82) is 0 Å². The van der Waals surface area contributed by atoms with Crippen LogP contribution in [-0.4, -0.2) is 67.2 Å². The monoisotopic (exact) mass is 479 g/mol. The Morgan fingerprint density at radius 1 is 1.11 bits per heavy atom. The highest BCUT2D eigenvalue weighted by atomic mass is 16.6. The molecule has 0 saturated carbocycles. The van der Waals surface area contributed by atoms with Crippen molar-refractivity contribution >= 4 is 29.6 Å². The van der Waals surface area contributed by atoms with Crippen LogP contribution in [0.3, 0.4) is 0 Å². The van der Waals surface area contributed by atoms with Crippen LogP contribution in [0, 0.1) is 0 Å². The van der Waals surface area contributed by atoms with Crippen molar-refractivity contribution < 1.29 is 33.4 Å². The van der Waals surface area contributed by atoms with Crippen molar-refractivity contribution in [2.24, 2.45) is 0 Å². The topological polar surface area (TPSA) is 114 Å². The van der Waals surface area contributed by atoms with E-state index in [1.54, 1.807) is 4.90 Å². The zero-order valence-corrected chi connectivity index (χ0v) is 19.0. The summed E-state index contributed by atoms with van der Waals surface area (Å²) in [6.45, 7) is 7.38. The lowest BCUT2D eigenvalue weighted by Crippen LogP contribution is -2.73. The standard InChI is InChI=1S/C25H25N3O7/c1-3-12-33-24(31)21-19(14-16-10-11-27(22(16)29)17-8-6-5-7-9-17)35-15-18-20(23(30)28(18)21)26-25(32)34-13-4-2/h3-9,14,18,20H,1-2,10-13,15H2,(H,26,32)/t18-,20+/m1/s1. The molecule has 3 amide bonds. The molecule has 0 aromatic heterocycles. The maximum Gasteiger partial charge on any atom is 0.408 e. The summed E-state index contributed by atoms with van der Waals surface area (Å²) >= 11 is 0. The zero-order valence-electron chi connectivity index (χ0n) is 19.0. The van der Waals surface area contributed by atoms with Gasteiger partial charge in [0.2, 0.25) is 0 Å². The van der Waals surface area contributed by atoms with Gasteiger partial charge in [-0.2, -0.15) is 0 Å². The molecule has 10 nitrogen and oxygen atoms in total. The number of fused-ring (bicyclic) bond motifs is 1. The Kier molecular flexibility index (Phi) is 7.00. The van der Waals surface area contributed by atoms with Crippen molar-refractivity contribution in [1.82, 2.24) is 10.2 Å². The molecule has 1 aromatic rings. The van der Waals surface area contributed by atoms with E-state index in [1.807, 2.05) is 30.3 Å². The first-order valence-corrected chi connectivity index (χ1v) is 11.1. The number of alkyl carbamates (subject to hydrolysis) is 1. The van der Waals surface area contributed by atoms with Gasteiger partial charge in [-0.15, -0.1) is 0 Å². The van der Waals surface area contributed by atoms with Gasteiger partial charge >= 0.3 is 12.1 Å². The van der Waals surface area contributed by atoms with E-state index in [-0.39, 0.29) is 37.2 Å². The van der Waals surface area contributed by atoms with Gasteiger partial charge in [0.05, 0.1) is 0 Å². The van der Waals surface area contributed by atoms with E-state index in [4.69, 9.17) is 14.2 Å². The number of ether oxygens (including phenoxy) is 3. The Morgan fingerprint density at radius 2 is 1.83 bits per heavy atom. The molecule has 3 aliphatic rings. The minimum Gasteiger partial charge on any atom is -0.489 e. The summed E-state index contributed by atoms with van der Waals surface area (Å²) in [6, 6.07) is 7.68. The Balaban J connectivity index is 1.59. The second-order valence-corrected chi connectivity index (χ2v) is 7.91. The fourth-order valence-electron chi connectivity index (χ4n) is 4.09. The second-order valence-electron chi connectivity index (χ2n) is 7.91. The van der Waals surface area contributed by atoms with Crippen molar-refractivity contribution in [3.05, 3.63) is 78.7 Å². The molecule has 0 spiro atoms. The first kappa shape index (κ1) is 23.8. The number of carbonyl (C=O) groups is 4. The highest BCUT2D eigenvalue weighted by molar-refractivity contribution is 6.09. The molecule has 0 bridgehead atoms. The van der Waals surface area contributed by atoms with Crippen molar-refractivity contribution in [2.45, 2.75) is 18.5 Å². The van der Waals surface area contributed by atoms with Gasteiger partial charge < -0.3 is 24.4 Å². The number of nitrogens with one attached hydrogen (secondary N) is 1. The number of nitrogens with zero attached hydrogens (tertiary/aromatic N) is 2. The summed E-state index contributed by atoms with van der Waals surface area (Å²) in [6.07, 6.45) is 3.93. The van der Waals surface area contributed by atoms with Gasteiger partial charge in [-0.25, -0.2) is 9.59 Å². The summed E-state index contributed by atoms with van der Waals surface area (Å²) in [5.41, 5.74) is 1.08. The molecule has 3 heterocycles. The van der Waals surface area contributed by atoms with Crippen LogP contribution in [0.4, 0.5) is 10.5 Å². The van der Waals surface area contributed by atoms with Crippen molar-refractivity contribution in [3.63, 3.8) is 0 Å². The summed E-state index contributed by atoms with van der Waals surface area (Å²) in [5, 5.41) is 2.47. The number of anilines is 1. The molecule has 2 saturated heterocycles. The van der Waals surface area contributed by atoms with E-state index in [1.165, 1.54) is 23.1 Å². The number of rotatable bonds is 8. The van der Waals surface area contributed by atoms with E-state index < -0.39 is 30.1 Å². The van der Waals surface area contributed by atoms with Gasteiger partial charge in [-0.3, -0.25) is 14.5 Å².